The number of anilines is 1. The van der Waals surface area contributed by atoms with Gasteiger partial charge in [0.1, 0.15) is 10.6 Å². The van der Waals surface area contributed by atoms with E-state index in [0.29, 0.717) is 12.4 Å². The summed E-state index contributed by atoms with van der Waals surface area (Å²) in [6.45, 7) is 7.70. The number of ether oxygens (including phenoxy) is 1. The van der Waals surface area contributed by atoms with Gasteiger partial charge in [-0.3, -0.25) is 4.90 Å². The molecular weight excluding hydrogens is 398 g/mol. The number of rotatable bonds is 10. The van der Waals surface area contributed by atoms with Gasteiger partial charge in [0.15, 0.2) is 0 Å². The van der Waals surface area contributed by atoms with Crippen LogP contribution in [-0.2, 0) is 16.4 Å². The molecule has 3 rings (SSSR count). The lowest BCUT2D eigenvalue weighted by Crippen LogP contribution is -2.46. The number of hydrogen-bond donors (Lipinski definition) is 1. The Kier molecular flexibility index (Phi) is 8.13. The van der Waals surface area contributed by atoms with E-state index in [1.54, 1.807) is 12.1 Å². The minimum absolute atomic E-state index is 0.0816. The number of unbranched alkanes of at least 4 members (excludes halogenated alkanes) is 2. The minimum Gasteiger partial charge on any atom is -0.492 e. The van der Waals surface area contributed by atoms with E-state index >= 15 is 0 Å². The Hall–Kier alpha value is -2.09. The van der Waals surface area contributed by atoms with Crippen molar-refractivity contribution in [1.82, 2.24) is 4.90 Å². The van der Waals surface area contributed by atoms with Crippen LogP contribution in [0.4, 0.5) is 5.69 Å². The molecule has 0 unspecified atom stereocenters. The van der Waals surface area contributed by atoms with Gasteiger partial charge in [0.25, 0.3) is 0 Å². The molecule has 7 heteroatoms. The number of nitrogens with zero attached hydrogens (tertiary/aromatic N) is 2. The van der Waals surface area contributed by atoms with Crippen molar-refractivity contribution in [3.63, 3.8) is 0 Å². The van der Waals surface area contributed by atoms with Crippen LogP contribution >= 0.6 is 0 Å². The van der Waals surface area contributed by atoms with Crippen LogP contribution in [0.3, 0.4) is 0 Å². The molecule has 30 heavy (non-hydrogen) atoms. The van der Waals surface area contributed by atoms with Crippen LogP contribution in [0.1, 0.15) is 31.7 Å². The molecule has 0 spiro atoms. The van der Waals surface area contributed by atoms with Crippen LogP contribution in [-0.4, -0.2) is 52.6 Å². The van der Waals surface area contributed by atoms with Crippen LogP contribution in [0.15, 0.2) is 53.4 Å². The van der Waals surface area contributed by atoms with E-state index in [-0.39, 0.29) is 4.90 Å². The number of piperazine rings is 1. The first-order valence-electron chi connectivity index (χ1n) is 10.8. The number of aryl methyl sites for hydroxylation is 1. The largest absolute Gasteiger partial charge is 0.492 e. The standard InChI is InChI=1S/C23H33N3O3S/c1-2-29-22-13-12-20(19-23(22)30(24,27)28)9-5-4-8-14-25-15-17-26(18-16-25)21-10-6-3-7-11-21/h3,6-7,10-13,19H,2,4-5,8-9,14-18H2,1H3,(H2,24,27,28). The zero-order chi connectivity index (χ0) is 21.4. The summed E-state index contributed by atoms with van der Waals surface area (Å²) in [5, 5.41) is 5.35. The molecular formula is C23H33N3O3S. The maximum atomic E-state index is 11.8. The smallest absolute Gasteiger partial charge is 0.241 e. The van der Waals surface area contributed by atoms with Crippen molar-refractivity contribution < 1.29 is 13.2 Å². The van der Waals surface area contributed by atoms with Crippen molar-refractivity contribution in [2.24, 2.45) is 5.14 Å². The maximum absolute atomic E-state index is 11.8. The van der Waals surface area contributed by atoms with Gasteiger partial charge in [0, 0.05) is 31.9 Å². The van der Waals surface area contributed by atoms with Gasteiger partial charge < -0.3 is 9.64 Å². The zero-order valence-electron chi connectivity index (χ0n) is 17.8. The molecule has 2 aromatic rings. The Morgan fingerprint density at radius 3 is 2.37 bits per heavy atom. The fourth-order valence-electron chi connectivity index (χ4n) is 3.91. The number of sulfonamides is 1. The molecule has 0 amide bonds. The summed E-state index contributed by atoms with van der Waals surface area (Å²) < 4.78 is 29.1. The van der Waals surface area contributed by atoms with Gasteiger partial charge in [-0.25, -0.2) is 13.6 Å². The van der Waals surface area contributed by atoms with Gasteiger partial charge in [-0.05, 0) is 62.6 Å². The van der Waals surface area contributed by atoms with E-state index in [1.807, 2.05) is 13.0 Å². The lowest BCUT2D eigenvalue weighted by atomic mass is 10.1. The predicted octanol–water partition coefficient (Wildman–Crippen LogP) is 3.27. The normalized spacial score (nSPS) is 15.3. The van der Waals surface area contributed by atoms with E-state index in [1.165, 1.54) is 5.69 Å². The highest BCUT2D eigenvalue weighted by Gasteiger charge is 2.17. The van der Waals surface area contributed by atoms with Crippen molar-refractivity contribution in [1.29, 1.82) is 0 Å². The summed E-state index contributed by atoms with van der Waals surface area (Å²) in [6.07, 6.45) is 4.15. The predicted molar refractivity (Wildman–Crippen MR) is 122 cm³/mol. The highest BCUT2D eigenvalue weighted by Crippen LogP contribution is 2.25. The van der Waals surface area contributed by atoms with Crippen molar-refractivity contribution in [3.8, 4) is 5.75 Å². The average Bonchev–Trinajstić information content (AvgIpc) is 2.75. The summed E-state index contributed by atoms with van der Waals surface area (Å²) in [6, 6.07) is 15.9. The van der Waals surface area contributed by atoms with Crippen molar-refractivity contribution in [2.45, 2.75) is 37.5 Å². The molecule has 1 aliphatic rings. The maximum Gasteiger partial charge on any atom is 0.241 e. The Balaban J connectivity index is 1.39. The van der Waals surface area contributed by atoms with Gasteiger partial charge in [-0.2, -0.15) is 0 Å². The molecule has 0 aliphatic carbocycles. The number of nitrogens with two attached hydrogens (primary N) is 1. The van der Waals surface area contributed by atoms with Crippen molar-refractivity contribution in [2.75, 3.05) is 44.2 Å². The van der Waals surface area contributed by atoms with E-state index in [2.05, 4.69) is 40.1 Å². The Morgan fingerprint density at radius 1 is 0.967 bits per heavy atom. The first kappa shape index (κ1) is 22.6. The summed E-state index contributed by atoms with van der Waals surface area (Å²) >= 11 is 0. The van der Waals surface area contributed by atoms with Crippen LogP contribution in [0.25, 0.3) is 0 Å². The Morgan fingerprint density at radius 2 is 1.70 bits per heavy atom. The summed E-state index contributed by atoms with van der Waals surface area (Å²) in [4.78, 5) is 5.07. The SMILES string of the molecule is CCOc1ccc(CCCCCN2CCN(c3ccccc3)CC2)cc1S(N)(=O)=O. The molecule has 1 saturated heterocycles. The fourth-order valence-corrected chi connectivity index (χ4v) is 4.64. The lowest BCUT2D eigenvalue weighted by Gasteiger charge is -2.36. The molecule has 1 heterocycles. The first-order chi connectivity index (χ1) is 14.5. The first-order valence-corrected chi connectivity index (χ1v) is 12.3. The Bertz CT molecular complexity index is 895. The minimum atomic E-state index is -3.79. The fraction of sp³-hybridized carbons (Fsp3) is 0.478. The van der Waals surface area contributed by atoms with Gasteiger partial charge in [-0.1, -0.05) is 30.7 Å². The van der Waals surface area contributed by atoms with Crippen molar-refractivity contribution in [3.05, 3.63) is 54.1 Å². The number of hydrogen-bond acceptors (Lipinski definition) is 5. The third-order valence-corrected chi connectivity index (χ3v) is 6.48. The number of para-hydroxylation sites is 1. The molecule has 0 bridgehead atoms. The Labute approximate surface area is 180 Å². The molecule has 0 atom stereocenters. The molecule has 0 saturated carbocycles. The topological polar surface area (TPSA) is 75.9 Å². The molecule has 0 aromatic heterocycles. The number of primary sulfonamides is 1. The molecule has 1 aliphatic heterocycles. The second-order valence-electron chi connectivity index (χ2n) is 7.73. The summed E-state index contributed by atoms with van der Waals surface area (Å²) in [5.41, 5.74) is 2.30. The third kappa shape index (κ3) is 6.45. The molecule has 6 nitrogen and oxygen atoms in total. The van der Waals surface area contributed by atoms with Gasteiger partial charge in [-0.15, -0.1) is 0 Å². The molecule has 2 aromatic carbocycles. The zero-order valence-corrected chi connectivity index (χ0v) is 18.6. The number of benzene rings is 2. The van der Waals surface area contributed by atoms with Crippen LogP contribution in [0.5, 0.6) is 5.75 Å². The molecule has 2 N–H and O–H groups in total. The second-order valence-corrected chi connectivity index (χ2v) is 9.26. The quantitative estimate of drug-likeness (QED) is 0.585. The average molecular weight is 432 g/mol. The summed E-state index contributed by atoms with van der Waals surface area (Å²) in [7, 11) is -3.79. The second kappa shape index (κ2) is 10.8. The highest BCUT2D eigenvalue weighted by atomic mass is 32.2. The van der Waals surface area contributed by atoms with Gasteiger partial charge >= 0.3 is 0 Å². The molecule has 164 valence electrons. The van der Waals surface area contributed by atoms with Crippen LogP contribution in [0, 0.1) is 0 Å². The third-order valence-electron chi connectivity index (χ3n) is 5.55. The highest BCUT2D eigenvalue weighted by molar-refractivity contribution is 7.89. The van der Waals surface area contributed by atoms with E-state index in [0.717, 1.165) is 64.0 Å². The van der Waals surface area contributed by atoms with E-state index < -0.39 is 10.0 Å². The van der Waals surface area contributed by atoms with Gasteiger partial charge in [0.2, 0.25) is 10.0 Å². The lowest BCUT2D eigenvalue weighted by molar-refractivity contribution is 0.252. The summed E-state index contributed by atoms with van der Waals surface area (Å²) in [5.74, 6) is 0.332. The van der Waals surface area contributed by atoms with Gasteiger partial charge in [0.05, 0.1) is 6.61 Å². The van der Waals surface area contributed by atoms with Crippen molar-refractivity contribution >= 4 is 15.7 Å². The monoisotopic (exact) mass is 431 g/mol. The van der Waals surface area contributed by atoms with E-state index in [9.17, 15) is 8.42 Å². The molecule has 0 radical (unpaired) electrons. The van der Waals surface area contributed by atoms with Crippen LogP contribution < -0.4 is 14.8 Å². The van der Waals surface area contributed by atoms with Crippen LogP contribution in [0.2, 0.25) is 0 Å². The van der Waals surface area contributed by atoms with E-state index in [4.69, 9.17) is 9.88 Å². The molecule has 1 fully saturated rings.